The second-order valence-corrected chi connectivity index (χ2v) is 6.38. The summed E-state index contributed by atoms with van der Waals surface area (Å²) < 4.78 is 5.73. The molecule has 1 saturated carbocycles. The lowest BCUT2D eigenvalue weighted by Gasteiger charge is -2.47. The van der Waals surface area contributed by atoms with Crippen molar-refractivity contribution >= 4 is 5.97 Å². The Bertz CT molecular complexity index is 327. The SMILES string of the molecule is O=C(O)C1CCC2CCCCC2N1CC1CCCO1. The molecule has 0 amide bonds. The van der Waals surface area contributed by atoms with E-state index in [1.54, 1.807) is 0 Å². The molecule has 3 rings (SSSR count). The molecular weight excluding hydrogens is 242 g/mol. The van der Waals surface area contributed by atoms with Gasteiger partial charge in [-0.3, -0.25) is 9.69 Å². The Kier molecular flexibility index (Phi) is 4.08. The van der Waals surface area contributed by atoms with Gasteiger partial charge in [-0.25, -0.2) is 0 Å². The zero-order valence-electron chi connectivity index (χ0n) is 11.6. The van der Waals surface area contributed by atoms with Gasteiger partial charge in [-0.05, 0) is 44.4 Å². The van der Waals surface area contributed by atoms with Gasteiger partial charge in [0.1, 0.15) is 6.04 Å². The molecule has 0 aromatic rings. The number of nitrogens with zero attached hydrogens (tertiary/aromatic N) is 1. The van der Waals surface area contributed by atoms with E-state index >= 15 is 0 Å². The Hall–Kier alpha value is -0.610. The first-order valence-electron chi connectivity index (χ1n) is 7.86. The van der Waals surface area contributed by atoms with Crippen LogP contribution in [0.5, 0.6) is 0 Å². The molecule has 4 unspecified atom stereocenters. The third-order valence-electron chi connectivity index (χ3n) is 5.23. The van der Waals surface area contributed by atoms with Gasteiger partial charge in [-0.15, -0.1) is 0 Å². The van der Waals surface area contributed by atoms with Crippen LogP contribution in [0.1, 0.15) is 51.4 Å². The van der Waals surface area contributed by atoms with Crippen LogP contribution in [0, 0.1) is 5.92 Å². The number of carboxylic acids is 1. The number of hydrogen-bond acceptors (Lipinski definition) is 3. The van der Waals surface area contributed by atoms with E-state index in [4.69, 9.17) is 4.74 Å². The number of aliphatic carboxylic acids is 1. The first kappa shape index (κ1) is 13.4. The molecular formula is C15H25NO3. The number of ether oxygens (including phenoxy) is 1. The summed E-state index contributed by atoms with van der Waals surface area (Å²) in [5.74, 6) is 0.0905. The van der Waals surface area contributed by atoms with Crippen molar-refractivity contribution in [3.8, 4) is 0 Å². The summed E-state index contributed by atoms with van der Waals surface area (Å²) >= 11 is 0. The monoisotopic (exact) mass is 267 g/mol. The van der Waals surface area contributed by atoms with Crippen molar-refractivity contribution < 1.29 is 14.6 Å². The zero-order valence-corrected chi connectivity index (χ0v) is 11.6. The van der Waals surface area contributed by atoms with Crippen LogP contribution in [0.15, 0.2) is 0 Å². The Balaban J connectivity index is 1.73. The van der Waals surface area contributed by atoms with Crippen molar-refractivity contribution in [2.75, 3.05) is 13.2 Å². The van der Waals surface area contributed by atoms with E-state index in [-0.39, 0.29) is 12.1 Å². The maximum Gasteiger partial charge on any atom is 0.320 e. The van der Waals surface area contributed by atoms with Crippen molar-refractivity contribution in [2.45, 2.75) is 69.6 Å². The highest BCUT2D eigenvalue weighted by molar-refractivity contribution is 5.73. The van der Waals surface area contributed by atoms with E-state index in [2.05, 4.69) is 4.90 Å². The second kappa shape index (κ2) is 5.80. The molecule has 4 heteroatoms. The molecule has 0 bridgehead atoms. The molecule has 1 aliphatic carbocycles. The molecule has 108 valence electrons. The normalized spacial score (nSPS) is 40.0. The van der Waals surface area contributed by atoms with Gasteiger partial charge in [-0.1, -0.05) is 12.8 Å². The van der Waals surface area contributed by atoms with Gasteiger partial charge in [0.05, 0.1) is 6.10 Å². The molecule has 2 heterocycles. The predicted octanol–water partition coefficient (Wildman–Crippen LogP) is 2.27. The van der Waals surface area contributed by atoms with Crippen LogP contribution in [0.2, 0.25) is 0 Å². The highest BCUT2D eigenvalue weighted by atomic mass is 16.5. The molecule has 2 saturated heterocycles. The third-order valence-corrected chi connectivity index (χ3v) is 5.23. The van der Waals surface area contributed by atoms with E-state index in [9.17, 15) is 9.90 Å². The van der Waals surface area contributed by atoms with Gasteiger partial charge in [-0.2, -0.15) is 0 Å². The van der Waals surface area contributed by atoms with Crippen LogP contribution in [0.3, 0.4) is 0 Å². The lowest BCUT2D eigenvalue weighted by atomic mass is 9.76. The van der Waals surface area contributed by atoms with Crippen LogP contribution in [0.4, 0.5) is 0 Å². The van der Waals surface area contributed by atoms with Gasteiger partial charge < -0.3 is 9.84 Å². The zero-order chi connectivity index (χ0) is 13.2. The topological polar surface area (TPSA) is 49.8 Å². The summed E-state index contributed by atoms with van der Waals surface area (Å²) in [6, 6.07) is 0.219. The maximum absolute atomic E-state index is 11.5. The minimum atomic E-state index is -0.637. The maximum atomic E-state index is 11.5. The van der Waals surface area contributed by atoms with Gasteiger partial charge in [0, 0.05) is 19.2 Å². The molecule has 3 fully saturated rings. The Labute approximate surface area is 115 Å². The third kappa shape index (κ3) is 2.79. The summed E-state index contributed by atoms with van der Waals surface area (Å²) in [5, 5.41) is 9.49. The Morgan fingerprint density at radius 3 is 2.68 bits per heavy atom. The van der Waals surface area contributed by atoms with Crippen LogP contribution in [-0.2, 0) is 9.53 Å². The molecule has 0 aromatic carbocycles. The number of hydrogen-bond donors (Lipinski definition) is 1. The van der Waals surface area contributed by atoms with E-state index in [0.29, 0.717) is 6.04 Å². The lowest BCUT2D eigenvalue weighted by Crippen LogP contribution is -2.56. The van der Waals surface area contributed by atoms with Crippen molar-refractivity contribution in [3.63, 3.8) is 0 Å². The minimum Gasteiger partial charge on any atom is -0.480 e. The average Bonchev–Trinajstić information content (AvgIpc) is 2.92. The standard InChI is InChI=1S/C15H25NO3/c17-15(18)14-8-7-11-4-1-2-6-13(11)16(14)10-12-5-3-9-19-12/h11-14H,1-10H2,(H,17,18). The second-order valence-electron chi connectivity index (χ2n) is 6.38. The van der Waals surface area contributed by atoms with Crippen molar-refractivity contribution in [2.24, 2.45) is 5.92 Å². The first-order valence-corrected chi connectivity index (χ1v) is 7.86. The summed E-state index contributed by atoms with van der Waals surface area (Å²) in [4.78, 5) is 13.8. The van der Waals surface area contributed by atoms with E-state index < -0.39 is 5.97 Å². The number of rotatable bonds is 3. The number of piperidine rings is 1. The fourth-order valence-corrected chi connectivity index (χ4v) is 4.28. The van der Waals surface area contributed by atoms with E-state index in [0.717, 1.165) is 44.8 Å². The predicted molar refractivity (Wildman–Crippen MR) is 72.1 cm³/mol. The Morgan fingerprint density at radius 2 is 1.95 bits per heavy atom. The summed E-state index contributed by atoms with van der Waals surface area (Å²) in [6.07, 6.45) is 9.47. The number of carboxylic acid groups (broad SMARTS) is 1. The number of fused-ring (bicyclic) bond motifs is 1. The van der Waals surface area contributed by atoms with E-state index in [1.165, 1.54) is 25.7 Å². The van der Waals surface area contributed by atoms with Crippen LogP contribution >= 0.6 is 0 Å². The van der Waals surface area contributed by atoms with Crippen LogP contribution in [0.25, 0.3) is 0 Å². The summed E-state index contributed by atoms with van der Waals surface area (Å²) in [5.41, 5.74) is 0. The van der Waals surface area contributed by atoms with Gasteiger partial charge in [0.2, 0.25) is 0 Å². The van der Waals surface area contributed by atoms with Crippen molar-refractivity contribution in [1.29, 1.82) is 0 Å². The Morgan fingerprint density at radius 1 is 1.11 bits per heavy atom. The first-order chi connectivity index (χ1) is 9.25. The smallest absolute Gasteiger partial charge is 0.320 e. The van der Waals surface area contributed by atoms with E-state index in [1.807, 2.05) is 0 Å². The van der Waals surface area contributed by atoms with Crippen LogP contribution in [-0.4, -0.2) is 47.3 Å². The molecule has 0 radical (unpaired) electrons. The quantitative estimate of drug-likeness (QED) is 0.852. The molecule has 3 aliphatic rings. The highest BCUT2D eigenvalue weighted by Gasteiger charge is 2.42. The van der Waals surface area contributed by atoms with Gasteiger partial charge in [0.15, 0.2) is 0 Å². The largest absolute Gasteiger partial charge is 0.480 e. The molecule has 2 aliphatic heterocycles. The number of carbonyl (C=O) groups is 1. The molecule has 4 atom stereocenters. The lowest BCUT2D eigenvalue weighted by molar-refractivity contribution is -0.149. The number of likely N-dealkylation sites (tertiary alicyclic amines) is 1. The van der Waals surface area contributed by atoms with Crippen molar-refractivity contribution in [1.82, 2.24) is 4.90 Å². The molecule has 0 aromatic heterocycles. The fourth-order valence-electron chi connectivity index (χ4n) is 4.28. The molecule has 0 spiro atoms. The highest BCUT2D eigenvalue weighted by Crippen LogP contribution is 2.38. The van der Waals surface area contributed by atoms with Crippen molar-refractivity contribution in [3.05, 3.63) is 0 Å². The molecule has 1 N–H and O–H groups in total. The fraction of sp³-hybridized carbons (Fsp3) is 0.933. The van der Waals surface area contributed by atoms with Gasteiger partial charge >= 0.3 is 5.97 Å². The molecule has 4 nitrogen and oxygen atoms in total. The average molecular weight is 267 g/mol. The summed E-state index contributed by atoms with van der Waals surface area (Å²) in [7, 11) is 0. The minimum absolute atomic E-state index is 0.266. The summed E-state index contributed by atoms with van der Waals surface area (Å²) in [6.45, 7) is 1.68. The van der Waals surface area contributed by atoms with Gasteiger partial charge in [0.25, 0.3) is 0 Å². The van der Waals surface area contributed by atoms with Crippen LogP contribution < -0.4 is 0 Å². The molecule has 19 heavy (non-hydrogen) atoms.